The first-order chi connectivity index (χ1) is 14.1. The molecule has 0 aromatic heterocycles. The van der Waals surface area contributed by atoms with Crippen molar-refractivity contribution < 1.29 is 14.3 Å². The fourth-order valence-corrected chi connectivity index (χ4v) is 5.72. The van der Waals surface area contributed by atoms with Gasteiger partial charge in [0, 0.05) is 38.0 Å². The highest BCUT2D eigenvalue weighted by Gasteiger charge is 2.53. The van der Waals surface area contributed by atoms with E-state index in [4.69, 9.17) is 14.5 Å². The lowest BCUT2D eigenvalue weighted by atomic mass is 9.81. The normalized spacial score (nSPS) is 34.9. The molecule has 152 valence electrons. The van der Waals surface area contributed by atoms with Crippen LogP contribution in [0.2, 0.25) is 0 Å². The number of hydrogen-bond acceptors (Lipinski definition) is 5. The fourth-order valence-electron chi connectivity index (χ4n) is 5.72. The van der Waals surface area contributed by atoms with Crippen LogP contribution in [0.5, 0.6) is 0 Å². The molecule has 1 amide bonds. The molecule has 6 heteroatoms. The molecule has 29 heavy (non-hydrogen) atoms. The zero-order chi connectivity index (χ0) is 19.6. The standard InChI is InChI=1S/C23H27N3O3/c1-15-10-18-19(24-13-15)14-28-22(18)6-8-26(9-7-22)21-25-20(27)23(29-21)11-16-4-2-3-5-17(16)12-23/h2,4,10,15H,3,5-9,11-14H2,1H3. The Labute approximate surface area is 171 Å². The average molecular weight is 393 g/mol. The predicted octanol–water partition coefficient (Wildman–Crippen LogP) is 2.96. The van der Waals surface area contributed by atoms with Crippen molar-refractivity contribution in [3.8, 4) is 0 Å². The number of ether oxygens (including phenoxy) is 2. The number of allylic oxidation sites excluding steroid dienone is 2. The molecule has 2 aliphatic carbocycles. The Morgan fingerprint density at radius 2 is 2.07 bits per heavy atom. The van der Waals surface area contributed by atoms with Gasteiger partial charge in [0.2, 0.25) is 5.60 Å². The molecule has 4 aliphatic heterocycles. The van der Waals surface area contributed by atoms with E-state index in [2.05, 4.69) is 35.0 Å². The van der Waals surface area contributed by atoms with Crippen LogP contribution in [0, 0.1) is 5.92 Å². The Morgan fingerprint density at radius 3 is 2.90 bits per heavy atom. The Balaban J connectivity index is 1.16. The van der Waals surface area contributed by atoms with Crippen molar-refractivity contribution in [2.24, 2.45) is 15.9 Å². The van der Waals surface area contributed by atoms with Gasteiger partial charge in [-0.3, -0.25) is 9.79 Å². The summed E-state index contributed by atoms with van der Waals surface area (Å²) in [5, 5.41) is 0. The van der Waals surface area contributed by atoms with Gasteiger partial charge in [-0.1, -0.05) is 30.7 Å². The lowest BCUT2D eigenvalue weighted by molar-refractivity contribution is -0.130. The van der Waals surface area contributed by atoms with Gasteiger partial charge in [0.1, 0.15) is 0 Å². The van der Waals surface area contributed by atoms with Crippen LogP contribution >= 0.6 is 0 Å². The zero-order valence-electron chi connectivity index (χ0n) is 16.9. The number of nitrogens with zero attached hydrogens (tertiary/aromatic N) is 3. The molecule has 2 spiro atoms. The highest BCUT2D eigenvalue weighted by atomic mass is 16.5. The summed E-state index contributed by atoms with van der Waals surface area (Å²) in [6.07, 6.45) is 11.9. The number of piperidine rings is 1. The third kappa shape index (κ3) is 2.61. The Hall–Kier alpha value is -2.21. The Bertz CT molecular complexity index is 933. The van der Waals surface area contributed by atoms with Crippen molar-refractivity contribution in [3.05, 3.63) is 34.9 Å². The molecule has 2 saturated heterocycles. The van der Waals surface area contributed by atoms with Crippen molar-refractivity contribution in [1.29, 1.82) is 0 Å². The van der Waals surface area contributed by atoms with Gasteiger partial charge in [-0.25, -0.2) is 0 Å². The topological polar surface area (TPSA) is 63.5 Å². The Morgan fingerprint density at radius 1 is 1.21 bits per heavy atom. The summed E-state index contributed by atoms with van der Waals surface area (Å²) in [5.41, 5.74) is 4.09. The van der Waals surface area contributed by atoms with E-state index in [0.29, 0.717) is 31.4 Å². The summed E-state index contributed by atoms with van der Waals surface area (Å²) >= 11 is 0. The third-order valence-electron chi connectivity index (χ3n) is 7.38. The molecule has 0 N–H and O–H groups in total. The molecule has 2 fully saturated rings. The van der Waals surface area contributed by atoms with E-state index in [9.17, 15) is 4.79 Å². The van der Waals surface area contributed by atoms with E-state index in [1.54, 1.807) is 0 Å². The second-order valence-corrected chi connectivity index (χ2v) is 9.33. The van der Waals surface area contributed by atoms with Crippen molar-refractivity contribution >= 4 is 17.6 Å². The van der Waals surface area contributed by atoms with Crippen LogP contribution in [0.15, 0.2) is 44.9 Å². The van der Waals surface area contributed by atoms with Gasteiger partial charge in [0.25, 0.3) is 11.9 Å². The second-order valence-electron chi connectivity index (χ2n) is 9.33. The summed E-state index contributed by atoms with van der Waals surface area (Å²) in [5.74, 6) is 0.367. The molecular formula is C23H27N3O3. The number of carbonyl (C=O) groups excluding carboxylic acids is 1. The lowest BCUT2D eigenvalue weighted by Crippen LogP contribution is -2.48. The molecule has 6 nitrogen and oxygen atoms in total. The van der Waals surface area contributed by atoms with Gasteiger partial charge in [0.15, 0.2) is 0 Å². The lowest BCUT2D eigenvalue weighted by Gasteiger charge is -2.40. The van der Waals surface area contributed by atoms with Crippen LogP contribution in [-0.4, -0.2) is 60.0 Å². The third-order valence-corrected chi connectivity index (χ3v) is 7.38. The van der Waals surface area contributed by atoms with Crippen LogP contribution in [0.3, 0.4) is 0 Å². The van der Waals surface area contributed by atoms with E-state index >= 15 is 0 Å². The van der Waals surface area contributed by atoms with Gasteiger partial charge in [-0.15, -0.1) is 0 Å². The predicted molar refractivity (Wildman–Crippen MR) is 110 cm³/mol. The number of hydrogen-bond donors (Lipinski definition) is 0. The first kappa shape index (κ1) is 17.6. The van der Waals surface area contributed by atoms with Gasteiger partial charge < -0.3 is 14.4 Å². The summed E-state index contributed by atoms with van der Waals surface area (Å²) < 4.78 is 12.6. The van der Waals surface area contributed by atoms with Gasteiger partial charge in [-0.05, 0) is 37.2 Å². The minimum absolute atomic E-state index is 0.106. The van der Waals surface area contributed by atoms with Crippen molar-refractivity contribution in [1.82, 2.24) is 4.90 Å². The maximum Gasteiger partial charge on any atom is 0.296 e. The number of amides is 1. The van der Waals surface area contributed by atoms with Crippen LogP contribution in [-0.2, 0) is 14.3 Å². The number of fused-ring (bicyclic) bond motifs is 2. The molecule has 6 aliphatic rings. The summed E-state index contributed by atoms with van der Waals surface area (Å²) in [4.78, 5) is 24.0. The number of likely N-dealkylation sites (tertiary alicyclic amines) is 1. The van der Waals surface area contributed by atoms with E-state index in [1.807, 2.05) is 0 Å². The second kappa shape index (κ2) is 6.14. The molecule has 2 atom stereocenters. The maximum atomic E-state index is 12.8. The number of aliphatic imine (C=N–C) groups is 2. The van der Waals surface area contributed by atoms with Crippen molar-refractivity contribution in [3.63, 3.8) is 0 Å². The molecular weight excluding hydrogens is 366 g/mol. The molecule has 0 saturated carbocycles. The molecule has 0 aromatic carbocycles. The van der Waals surface area contributed by atoms with Crippen molar-refractivity contribution in [2.45, 2.75) is 56.7 Å². The summed E-state index contributed by atoms with van der Waals surface area (Å²) in [6, 6.07) is 0.520. The number of carbonyl (C=O) groups is 1. The molecule has 0 bridgehead atoms. The van der Waals surface area contributed by atoms with Crippen LogP contribution in [0.25, 0.3) is 0 Å². The monoisotopic (exact) mass is 393 g/mol. The number of rotatable bonds is 0. The quantitative estimate of drug-likeness (QED) is 0.635. The Kier molecular flexibility index (Phi) is 3.74. The highest BCUT2D eigenvalue weighted by molar-refractivity contribution is 6.05. The van der Waals surface area contributed by atoms with E-state index < -0.39 is 5.60 Å². The minimum Gasteiger partial charge on any atom is -0.447 e. The summed E-state index contributed by atoms with van der Waals surface area (Å²) in [7, 11) is 0. The van der Waals surface area contributed by atoms with Crippen LogP contribution in [0.1, 0.15) is 45.4 Å². The molecule has 4 heterocycles. The molecule has 6 rings (SSSR count). The number of amidine groups is 1. The van der Waals surface area contributed by atoms with E-state index in [0.717, 1.165) is 51.0 Å². The first-order valence-corrected chi connectivity index (χ1v) is 10.9. The number of dihydropyridines is 1. The van der Waals surface area contributed by atoms with E-state index in [1.165, 1.54) is 16.7 Å². The first-order valence-electron chi connectivity index (χ1n) is 10.9. The van der Waals surface area contributed by atoms with Gasteiger partial charge in [0.05, 0.1) is 17.9 Å². The average Bonchev–Trinajstić information content (AvgIpc) is 3.37. The minimum atomic E-state index is -0.783. The largest absolute Gasteiger partial charge is 0.447 e. The van der Waals surface area contributed by atoms with Crippen molar-refractivity contribution in [2.75, 3.05) is 26.2 Å². The van der Waals surface area contributed by atoms with Gasteiger partial charge >= 0.3 is 0 Å². The zero-order valence-corrected chi connectivity index (χ0v) is 16.9. The maximum absolute atomic E-state index is 12.8. The van der Waals surface area contributed by atoms with Crippen LogP contribution in [0.4, 0.5) is 0 Å². The van der Waals surface area contributed by atoms with E-state index in [-0.39, 0.29) is 11.5 Å². The molecule has 0 radical (unpaired) electrons. The summed E-state index contributed by atoms with van der Waals surface area (Å²) in [6.45, 7) is 5.28. The smallest absolute Gasteiger partial charge is 0.296 e. The fraction of sp³-hybridized carbons (Fsp3) is 0.609. The molecule has 2 unspecified atom stereocenters. The molecule has 0 aromatic rings. The van der Waals surface area contributed by atoms with Gasteiger partial charge in [-0.2, -0.15) is 4.99 Å². The SMILES string of the molecule is CC1C=C2C(=NC1)COC21CCN(C2=NC(=O)C3(CC4=C(CCC=C4)C3)O2)CC1. The highest BCUT2D eigenvalue weighted by Crippen LogP contribution is 2.46. The van der Waals surface area contributed by atoms with Crippen LogP contribution < -0.4 is 0 Å².